The van der Waals surface area contributed by atoms with Crippen molar-refractivity contribution in [1.82, 2.24) is 0 Å². The molecule has 0 aliphatic carbocycles. The summed E-state index contributed by atoms with van der Waals surface area (Å²) in [5.74, 6) is -1.60. The molecular formula is C16H31NO4. The molecule has 0 bridgehead atoms. The van der Waals surface area contributed by atoms with Gasteiger partial charge in [0.2, 0.25) is 0 Å². The van der Waals surface area contributed by atoms with E-state index in [4.69, 9.17) is 15.9 Å². The van der Waals surface area contributed by atoms with Crippen LogP contribution in [0.3, 0.4) is 0 Å². The first-order valence-corrected chi connectivity index (χ1v) is 8.16. The van der Waals surface area contributed by atoms with E-state index < -0.39 is 17.5 Å². The molecule has 0 heterocycles. The number of rotatable bonds is 14. The van der Waals surface area contributed by atoms with Crippen molar-refractivity contribution in [3.05, 3.63) is 0 Å². The molecule has 5 heteroatoms. The van der Waals surface area contributed by atoms with Crippen LogP contribution in [0.5, 0.6) is 0 Å². The van der Waals surface area contributed by atoms with Crippen LogP contribution in [0.2, 0.25) is 0 Å². The molecule has 0 saturated carbocycles. The second kappa shape index (κ2) is 11.5. The third-order valence-electron chi connectivity index (χ3n) is 3.89. The molecule has 5 nitrogen and oxygen atoms in total. The molecule has 21 heavy (non-hydrogen) atoms. The predicted molar refractivity (Wildman–Crippen MR) is 83.3 cm³/mol. The molecule has 1 atom stereocenters. The highest BCUT2D eigenvalue weighted by molar-refractivity contribution is 5.78. The van der Waals surface area contributed by atoms with Gasteiger partial charge in [0.15, 0.2) is 0 Å². The fraction of sp³-hybridized carbons (Fsp3) is 0.875. The van der Waals surface area contributed by atoms with Gasteiger partial charge >= 0.3 is 11.9 Å². The van der Waals surface area contributed by atoms with Crippen LogP contribution in [-0.4, -0.2) is 27.7 Å². The van der Waals surface area contributed by atoms with Gasteiger partial charge in [-0.15, -0.1) is 0 Å². The summed E-state index contributed by atoms with van der Waals surface area (Å²) < 4.78 is 0. The maximum absolute atomic E-state index is 11.2. The van der Waals surface area contributed by atoms with E-state index in [0.29, 0.717) is 12.8 Å². The van der Waals surface area contributed by atoms with Crippen molar-refractivity contribution in [3.63, 3.8) is 0 Å². The highest BCUT2D eigenvalue weighted by Crippen LogP contribution is 2.19. The van der Waals surface area contributed by atoms with E-state index in [1.165, 1.54) is 0 Å². The molecule has 0 radical (unpaired) electrons. The summed E-state index contributed by atoms with van der Waals surface area (Å²) >= 11 is 0. The smallest absolute Gasteiger partial charge is 0.323 e. The van der Waals surface area contributed by atoms with Crippen LogP contribution in [0, 0.1) is 0 Å². The Hall–Kier alpha value is -1.10. The average Bonchev–Trinajstić information content (AvgIpc) is 2.40. The molecule has 0 aliphatic heterocycles. The van der Waals surface area contributed by atoms with Crippen LogP contribution in [0.15, 0.2) is 0 Å². The lowest BCUT2D eigenvalue weighted by Gasteiger charge is -2.23. The number of unbranched alkanes of at least 4 members (excludes halogenated alkanes) is 7. The van der Waals surface area contributed by atoms with Gasteiger partial charge in [-0.05, 0) is 19.3 Å². The highest BCUT2D eigenvalue weighted by Gasteiger charge is 2.31. The van der Waals surface area contributed by atoms with Crippen LogP contribution in [0.4, 0.5) is 0 Å². The zero-order valence-electron chi connectivity index (χ0n) is 13.3. The van der Waals surface area contributed by atoms with E-state index in [2.05, 4.69) is 0 Å². The first kappa shape index (κ1) is 19.9. The first-order valence-electron chi connectivity index (χ1n) is 8.16. The van der Waals surface area contributed by atoms with Crippen LogP contribution in [0.25, 0.3) is 0 Å². The molecule has 1 unspecified atom stereocenters. The van der Waals surface area contributed by atoms with Crippen molar-refractivity contribution >= 4 is 11.9 Å². The summed E-state index contributed by atoms with van der Waals surface area (Å²) in [6.45, 7) is 1.95. The minimum absolute atomic E-state index is 0.269. The van der Waals surface area contributed by atoms with E-state index in [0.717, 1.165) is 57.8 Å². The number of carboxylic acid groups (broad SMARTS) is 2. The van der Waals surface area contributed by atoms with E-state index in [1.54, 1.807) is 0 Å². The molecule has 0 aromatic heterocycles. The minimum Gasteiger partial charge on any atom is -0.481 e. The Balaban J connectivity index is 3.50. The Morgan fingerprint density at radius 1 is 0.857 bits per heavy atom. The van der Waals surface area contributed by atoms with E-state index in [-0.39, 0.29) is 6.42 Å². The molecule has 0 spiro atoms. The summed E-state index contributed by atoms with van der Waals surface area (Å²) in [6, 6.07) is 0. The van der Waals surface area contributed by atoms with Gasteiger partial charge in [-0.3, -0.25) is 9.59 Å². The lowest BCUT2D eigenvalue weighted by Crippen LogP contribution is -2.47. The summed E-state index contributed by atoms with van der Waals surface area (Å²) in [6.07, 6.45) is 10.2. The first-order chi connectivity index (χ1) is 9.92. The van der Waals surface area contributed by atoms with E-state index in [9.17, 15) is 9.59 Å². The standard InChI is InChI=1S/C16H31NO4/c1-2-12-16(17,15(20)21)13-10-8-6-4-3-5-7-9-11-14(18)19/h2-13,17H2,1H3,(H,18,19)(H,20,21). The summed E-state index contributed by atoms with van der Waals surface area (Å²) in [5.41, 5.74) is 4.87. The van der Waals surface area contributed by atoms with Crippen molar-refractivity contribution in [2.24, 2.45) is 5.73 Å². The van der Waals surface area contributed by atoms with Crippen molar-refractivity contribution in [3.8, 4) is 0 Å². The van der Waals surface area contributed by atoms with Crippen molar-refractivity contribution in [2.75, 3.05) is 0 Å². The summed E-state index contributed by atoms with van der Waals surface area (Å²) in [4.78, 5) is 21.5. The third-order valence-corrected chi connectivity index (χ3v) is 3.89. The lowest BCUT2D eigenvalue weighted by molar-refractivity contribution is -0.144. The molecule has 0 amide bonds. The average molecular weight is 301 g/mol. The highest BCUT2D eigenvalue weighted by atomic mass is 16.4. The summed E-state index contributed by atoms with van der Waals surface area (Å²) in [5, 5.41) is 17.7. The van der Waals surface area contributed by atoms with Crippen molar-refractivity contribution in [2.45, 2.75) is 89.5 Å². The Labute approximate surface area is 127 Å². The molecule has 0 aromatic rings. The lowest BCUT2D eigenvalue weighted by atomic mass is 9.88. The van der Waals surface area contributed by atoms with Gasteiger partial charge in [0.25, 0.3) is 0 Å². The van der Waals surface area contributed by atoms with Gasteiger partial charge in [0.05, 0.1) is 0 Å². The fourth-order valence-electron chi connectivity index (χ4n) is 2.56. The molecule has 124 valence electrons. The molecule has 0 aliphatic rings. The molecule has 4 N–H and O–H groups in total. The Bertz CT molecular complexity index is 307. The summed E-state index contributed by atoms with van der Waals surface area (Å²) in [7, 11) is 0. The second-order valence-electron chi connectivity index (χ2n) is 5.93. The topological polar surface area (TPSA) is 101 Å². The quantitative estimate of drug-likeness (QED) is 0.426. The second-order valence-corrected chi connectivity index (χ2v) is 5.93. The van der Waals surface area contributed by atoms with Gasteiger partial charge in [-0.1, -0.05) is 58.3 Å². The predicted octanol–water partition coefficient (Wildman–Crippen LogP) is 3.55. The maximum Gasteiger partial charge on any atom is 0.323 e. The van der Waals surface area contributed by atoms with Gasteiger partial charge in [0.1, 0.15) is 5.54 Å². The molecule has 0 aromatic carbocycles. The molecule has 0 saturated heterocycles. The van der Waals surface area contributed by atoms with Gasteiger partial charge in [0, 0.05) is 6.42 Å². The van der Waals surface area contributed by atoms with E-state index >= 15 is 0 Å². The van der Waals surface area contributed by atoms with Gasteiger partial charge in [-0.25, -0.2) is 0 Å². The van der Waals surface area contributed by atoms with Gasteiger partial charge in [-0.2, -0.15) is 0 Å². The zero-order chi connectivity index (χ0) is 16.1. The van der Waals surface area contributed by atoms with Crippen LogP contribution in [0.1, 0.15) is 84.0 Å². The normalized spacial score (nSPS) is 13.8. The Kier molecular flexibility index (Phi) is 10.9. The fourth-order valence-corrected chi connectivity index (χ4v) is 2.56. The number of aliphatic carboxylic acids is 2. The van der Waals surface area contributed by atoms with Crippen molar-refractivity contribution in [1.29, 1.82) is 0 Å². The zero-order valence-corrected chi connectivity index (χ0v) is 13.3. The van der Waals surface area contributed by atoms with Crippen LogP contribution < -0.4 is 5.73 Å². The van der Waals surface area contributed by atoms with Crippen molar-refractivity contribution < 1.29 is 19.8 Å². The van der Waals surface area contributed by atoms with Gasteiger partial charge < -0.3 is 15.9 Å². The maximum atomic E-state index is 11.2. The molecule has 0 fully saturated rings. The largest absolute Gasteiger partial charge is 0.481 e. The molecule has 0 rings (SSSR count). The number of hydrogen-bond donors (Lipinski definition) is 3. The number of hydrogen-bond acceptors (Lipinski definition) is 3. The number of nitrogens with two attached hydrogens (primary N) is 1. The Morgan fingerprint density at radius 2 is 1.33 bits per heavy atom. The van der Waals surface area contributed by atoms with Crippen LogP contribution in [-0.2, 0) is 9.59 Å². The minimum atomic E-state index is -1.05. The monoisotopic (exact) mass is 301 g/mol. The number of carbonyl (C=O) groups is 2. The Morgan fingerprint density at radius 3 is 1.76 bits per heavy atom. The van der Waals surface area contributed by atoms with Crippen LogP contribution >= 0.6 is 0 Å². The SMILES string of the molecule is CCCC(N)(CCCCCCCCCCC(=O)O)C(=O)O. The third kappa shape index (κ3) is 10.3. The molecular weight excluding hydrogens is 270 g/mol. The number of carboxylic acids is 2. The van der Waals surface area contributed by atoms with E-state index in [1.807, 2.05) is 6.92 Å².